The fourth-order valence-electron chi connectivity index (χ4n) is 3.53. The summed E-state index contributed by atoms with van der Waals surface area (Å²) < 4.78 is 6.09. The molecule has 2 aromatic rings. The summed E-state index contributed by atoms with van der Waals surface area (Å²) in [6.45, 7) is 0.988. The second-order valence-corrected chi connectivity index (χ2v) is 6.80. The standard InChI is InChI=1S/C22H23N2O2/c23-16-19-6-4-5-15-24(19,22(25)17-9-10-17)18-11-13-21(14-12-18)26-20-7-2-1-3-8-20/h1-8,11-14,17H,9-10,15-16,23H2/q+1. The van der Waals surface area contributed by atoms with Crippen molar-refractivity contribution >= 4 is 11.6 Å². The Morgan fingerprint density at radius 2 is 1.73 bits per heavy atom. The molecule has 4 nitrogen and oxygen atoms in total. The number of allylic oxidation sites excluding steroid dienone is 2. The third-order valence-electron chi connectivity index (χ3n) is 5.06. The first kappa shape index (κ1) is 16.8. The number of ether oxygens (including phenoxy) is 1. The fraction of sp³-hybridized carbons (Fsp3) is 0.227. The first-order chi connectivity index (χ1) is 12.7. The number of benzene rings is 2. The quantitative estimate of drug-likeness (QED) is 0.827. The zero-order valence-corrected chi connectivity index (χ0v) is 14.7. The normalized spacial score (nSPS) is 22.0. The second kappa shape index (κ2) is 6.90. The number of para-hydroxylation sites is 1. The first-order valence-corrected chi connectivity index (χ1v) is 9.06. The average Bonchev–Trinajstić information content (AvgIpc) is 3.54. The fourth-order valence-corrected chi connectivity index (χ4v) is 3.53. The Morgan fingerprint density at radius 1 is 1.04 bits per heavy atom. The van der Waals surface area contributed by atoms with Crippen molar-refractivity contribution in [1.82, 2.24) is 4.48 Å². The number of hydrogen-bond acceptors (Lipinski definition) is 3. The number of nitrogens with zero attached hydrogens (tertiary/aromatic N) is 1. The van der Waals surface area contributed by atoms with Gasteiger partial charge in [0.25, 0.3) is 0 Å². The van der Waals surface area contributed by atoms with E-state index in [-0.39, 0.29) is 16.3 Å². The molecule has 132 valence electrons. The van der Waals surface area contributed by atoms with Gasteiger partial charge in [0.2, 0.25) is 0 Å². The molecule has 2 N–H and O–H groups in total. The maximum atomic E-state index is 13.2. The van der Waals surface area contributed by atoms with Gasteiger partial charge in [0.1, 0.15) is 29.4 Å². The maximum Gasteiger partial charge on any atom is 0.326 e. The molecular weight excluding hydrogens is 324 g/mol. The van der Waals surface area contributed by atoms with E-state index in [9.17, 15) is 4.79 Å². The molecule has 1 atom stereocenters. The Hall–Kier alpha value is -2.69. The van der Waals surface area contributed by atoms with E-state index in [1.54, 1.807) is 0 Å². The van der Waals surface area contributed by atoms with E-state index in [0.29, 0.717) is 13.1 Å². The zero-order chi connectivity index (χ0) is 18.0. The molecule has 1 aliphatic heterocycles. The van der Waals surface area contributed by atoms with Gasteiger partial charge in [-0.05, 0) is 49.3 Å². The molecule has 2 aliphatic rings. The molecule has 0 aromatic heterocycles. The molecule has 1 amide bonds. The predicted molar refractivity (Wildman–Crippen MR) is 104 cm³/mol. The van der Waals surface area contributed by atoms with Crippen LogP contribution >= 0.6 is 0 Å². The smallest absolute Gasteiger partial charge is 0.326 e. The summed E-state index contributed by atoms with van der Waals surface area (Å²) in [6, 6.07) is 17.5. The summed E-state index contributed by atoms with van der Waals surface area (Å²) in [5.41, 5.74) is 7.90. The zero-order valence-electron chi connectivity index (χ0n) is 14.7. The molecular formula is C22H23N2O2+. The molecule has 1 fully saturated rings. The second-order valence-electron chi connectivity index (χ2n) is 6.80. The minimum Gasteiger partial charge on any atom is -0.457 e. The molecule has 0 saturated heterocycles. The van der Waals surface area contributed by atoms with Crippen molar-refractivity contribution in [2.45, 2.75) is 12.8 Å². The van der Waals surface area contributed by atoms with Crippen LogP contribution in [0.2, 0.25) is 0 Å². The summed E-state index contributed by atoms with van der Waals surface area (Å²) >= 11 is 0. The van der Waals surface area contributed by atoms with E-state index >= 15 is 0 Å². The van der Waals surface area contributed by atoms with Gasteiger partial charge >= 0.3 is 5.91 Å². The van der Waals surface area contributed by atoms with Crippen LogP contribution in [0.25, 0.3) is 0 Å². The Balaban J connectivity index is 1.67. The van der Waals surface area contributed by atoms with Crippen LogP contribution in [0, 0.1) is 5.92 Å². The molecule has 0 radical (unpaired) electrons. The lowest BCUT2D eigenvalue weighted by Gasteiger charge is -2.37. The van der Waals surface area contributed by atoms with E-state index in [1.807, 2.05) is 72.8 Å². The van der Waals surface area contributed by atoms with E-state index in [2.05, 4.69) is 0 Å². The van der Waals surface area contributed by atoms with Crippen LogP contribution in [0.5, 0.6) is 11.5 Å². The number of hydrogen-bond donors (Lipinski definition) is 1. The van der Waals surface area contributed by atoms with Gasteiger partial charge < -0.3 is 10.5 Å². The van der Waals surface area contributed by atoms with Crippen LogP contribution in [-0.4, -0.2) is 19.0 Å². The maximum absolute atomic E-state index is 13.2. The molecule has 1 heterocycles. The number of rotatable bonds is 5. The summed E-state index contributed by atoms with van der Waals surface area (Å²) in [6.07, 6.45) is 7.99. The van der Waals surface area contributed by atoms with Crippen molar-refractivity contribution in [2.24, 2.45) is 11.7 Å². The van der Waals surface area contributed by atoms with Crippen LogP contribution < -0.4 is 15.0 Å². The SMILES string of the molecule is NCC1=CC=CC[N+]1(C(=O)C1CC1)c1ccc(Oc2ccccc2)cc1. The minimum absolute atomic E-state index is 0.150. The van der Waals surface area contributed by atoms with E-state index in [4.69, 9.17) is 10.5 Å². The van der Waals surface area contributed by atoms with Crippen molar-refractivity contribution in [1.29, 1.82) is 0 Å². The summed E-state index contributed by atoms with van der Waals surface area (Å²) in [5, 5.41) is 0. The third-order valence-corrected chi connectivity index (χ3v) is 5.06. The summed E-state index contributed by atoms with van der Waals surface area (Å²) in [4.78, 5) is 13.2. The molecule has 26 heavy (non-hydrogen) atoms. The number of carbonyl (C=O) groups is 1. The predicted octanol–water partition coefficient (Wildman–Crippen LogP) is 4.14. The highest BCUT2D eigenvalue weighted by molar-refractivity contribution is 5.95. The van der Waals surface area contributed by atoms with E-state index in [1.165, 1.54) is 0 Å². The Kier molecular flexibility index (Phi) is 4.45. The van der Waals surface area contributed by atoms with Crippen LogP contribution in [0.1, 0.15) is 12.8 Å². The van der Waals surface area contributed by atoms with Gasteiger partial charge in [-0.25, -0.2) is 4.79 Å². The molecule has 0 bridgehead atoms. The molecule has 0 spiro atoms. The third kappa shape index (κ3) is 2.98. The highest BCUT2D eigenvalue weighted by Gasteiger charge is 2.50. The molecule has 1 saturated carbocycles. The highest BCUT2D eigenvalue weighted by Crippen LogP contribution is 2.41. The Bertz CT molecular complexity index is 851. The van der Waals surface area contributed by atoms with Crippen molar-refractivity contribution in [3.8, 4) is 11.5 Å². The summed E-state index contributed by atoms with van der Waals surface area (Å²) in [5.74, 6) is 1.95. The van der Waals surface area contributed by atoms with Crippen molar-refractivity contribution in [2.75, 3.05) is 13.1 Å². The number of carbonyl (C=O) groups excluding carboxylic acids is 1. The van der Waals surface area contributed by atoms with Crippen molar-refractivity contribution in [3.63, 3.8) is 0 Å². The molecule has 4 heteroatoms. The van der Waals surface area contributed by atoms with Crippen LogP contribution in [0.15, 0.2) is 78.5 Å². The highest BCUT2D eigenvalue weighted by atomic mass is 16.5. The Labute approximate surface area is 153 Å². The lowest BCUT2D eigenvalue weighted by Crippen LogP contribution is -2.56. The lowest BCUT2D eigenvalue weighted by atomic mass is 10.1. The minimum atomic E-state index is 0.150. The molecule has 1 unspecified atom stereocenters. The topological polar surface area (TPSA) is 52.3 Å². The van der Waals surface area contributed by atoms with E-state index < -0.39 is 0 Å². The molecule has 4 rings (SSSR count). The van der Waals surface area contributed by atoms with Gasteiger partial charge in [-0.15, -0.1) is 0 Å². The molecule has 2 aromatic carbocycles. The van der Waals surface area contributed by atoms with Crippen LogP contribution in [-0.2, 0) is 4.79 Å². The van der Waals surface area contributed by atoms with Gasteiger partial charge in [-0.3, -0.25) is 0 Å². The average molecular weight is 347 g/mol. The van der Waals surface area contributed by atoms with Gasteiger partial charge in [0.15, 0.2) is 0 Å². The summed E-state index contributed by atoms with van der Waals surface area (Å²) in [7, 11) is 0. The largest absolute Gasteiger partial charge is 0.457 e. The first-order valence-electron chi connectivity index (χ1n) is 9.06. The van der Waals surface area contributed by atoms with Crippen LogP contribution in [0.4, 0.5) is 5.69 Å². The number of amides is 1. The number of quaternary nitrogens is 1. The number of nitrogens with two attached hydrogens (primary N) is 1. The van der Waals surface area contributed by atoms with Gasteiger partial charge in [-0.1, -0.05) is 24.3 Å². The van der Waals surface area contributed by atoms with Gasteiger partial charge in [0, 0.05) is 12.1 Å². The lowest BCUT2D eigenvalue weighted by molar-refractivity contribution is -0.129. The van der Waals surface area contributed by atoms with Crippen LogP contribution in [0.3, 0.4) is 0 Å². The van der Waals surface area contributed by atoms with Crippen molar-refractivity contribution in [3.05, 3.63) is 78.5 Å². The molecule has 1 aliphatic carbocycles. The van der Waals surface area contributed by atoms with Crippen molar-refractivity contribution < 1.29 is 9.53 Å². The van der Waals surface area contributed by atoms with Gasteiger partial charge in [-0.2, -0.15) is 4.48 Å². The van der Waals surface area contributed by atoms with E-state index in [0.717, 1.165) is 35.7 Å². The Morgan fingerprint density at radius 3 is 2.38 bits per heavy atom. The van der Waals surface area contributed by atoms with Gasteiger partial charge in [0.05, 0.1) is 12.5 Å². The monoisotopic (exact) mass is 347 g/mol.